The van der Waals surface area contributed by atoms with Crippen molar-refractivity contribution < 1.29 is 19.4 Å². The maximum atomic E-state index is 10.3. The van der Waals surface area contributed by atoms with Crippen molar-refractivity contribution in [2.45, 2.75) is 11.9 Å². The van der Waals surface area contributed by atoms with Crippen LogP contribution >= 0.6 is 0 Å². The van der Waals surface area contributed by atoms with Gasteiger partial charge in [-0.05, 0) is 0 Å². The van der Waals surface area contributed by atoms with Crippen LogP contribution in [0.25, 0.3) is 0 Å². The van der Waals surface area contributed by atoms with Crippen LogP contribution in [0.2, 0.25) is 5.32 Å². The van der Waals surface area contributed by atoms with Gasteiger partial charge in [-0.25, -0.2) is 0 Å². The fourth-order valence-corrected chi connectivity index (χ4v) is 3.14. The van der Waals surface area contributed by atoms with E-state index >= 15 is 0 Å². The van der Waals surface area contributed by atoms with Crippen LogP contribution < -0.4 is 9.20 Å². The van der Waals surface area contributed by atoms with E-state index in [-0.39, 0.29) is 6.61 Å². The standard InChI is InChI=1S/C17H16O4Se/c18-17(19)21-13-14-7-9-15(10-8-14)20-11-4-12-22-16-5-2-1-3-6-16/h1-11H,12-13H2,(H,18,19). The normalized spacial score (nSPS) is 10.5. The first-order chi connectivity index (χ1) is 10.7. The molecule has 0 fully saturated rings. The molecule has 0 saturated heterocycles. The van der Waals surface area contributed by atoms with Crippen LogP contribution in [0.3, 0.4) is 0 Å². The van der Waals surface area contributed by atoms with E-state index in [9.17, 15) is 4.79 Å². The monoisotopic (exact) mass is 364 g/mol. The van der Waals surface area contributed by atoms with E-state index in [1.54, 1.807) is 30.5 Å². The minimum absolute atomic E-state index is 0.0467. The first-order valence-electron chi connectivity index (χ1n) is 6.68. The molecule has 0 unspecified atom stereocenters. The molecular formula is C17H16O4Se. The summed E-state index contributed by atoms with van der Waals surface area (Å²) in [5, 5.41) is 9.40. The molecule has 0 aliphatic heterocycles. The molecule has 0 aliphatic rings. The van der Waals surface area contributed by atoms with E-state index in [1.165, 1.54) is 4.46 Å². The van der Waals surface area contributed by atoms with E-state index in [0.29, 0.717) is 20.7 Å². The van der Waals surface area contributed by atoms with Crippen molar-refractivity contribution in [3.05, 3.63) is 72.5 Å². The van der Waals surface area contributed by atoms with Gasteiger partial charge in [0, 0.05) is 0 Å². The topological polar surface area (TPSA) is 55.8 Å². The molecular weight excluding hydrogens is 347 g/mol. The third-order valence-corrected chi connectivity index (χ3v) is 4.70. The van der Waals surface area contributed by atoms with E-state index in [1.807, 2.05) is 24.3 Å². The molecule has 2 aromatic carbocycles. The summed E-state index contributed by atoms with van der Waals surface area (Å²) in [6.45, 7) is 0.0467. The summed E-state index contributed by atoms with van der Waals surface area (Å²) >= 11 is 0.416. The van der Waals surface area contributed by atoms with Crippen LogP contribution in [0.4, 0.5) is 4.79 Å². The Hall–Kier alpha value is -2.23. The second-order valence-electron chi connectivity index (χ2n) is 4.31. The Morgan fingerprint density at radius 1 is 1.09 bits per heavy atom. The average molecular weight is 363 g/mol. The van der Waals surface area contributed by atoms with Gasteiger partial charge >= 0.3 is 135 Å². The summed E-state index contributed by atoms with van der Waals surface area (Å²) < 4.78 is 11.3. The summed E-state index contributed by atoms with van der Waals surface area (Å²) in [7, 11) is 0. The first-order valence-corrected chi connectivity index (χ1v) is 8.75. The van der Waals surface area contributed by atoms with Gasteiger partial charge in [-0.1, -0.05) is 0 Å². The second-order valence-corrected chi connectivity index (χ2v) is 6.61. The molecule has 5 heteroatoms. The molecule has 4 nitrogen and oxygen atoms in total. The van der Waals surface area contributed by atoms with Gasteiger partial charge in [-0.15, -0.1) is 0 Å². The van der Waals surface area contributed by atoms with Gasteiger partial charge in [0.1, 0.15) is 0 Å². The number of carbonyl (C=O) groups is 1. The SMILES string of the molecule is O=C(O)OCc1ccc(OC=CC[Se]c2ccccc2)cc1. The number of hydrogen-bond donors (Lipinski definition) is 1. The Labute approximate surface area is 135 Å². The predicted molar refractivity (Wildman–Crippen MR) is 85.7 cm³/mol. The Balaban J connectivity index is 1.72. The number of benzene rings is 2. The van der Waals surface area contributed by atoms with Crippen LogP contribution in [0.5, 0.6) is 5.75 Å². The number of ether oxygens (including phenoxy) is 2. The van der Waals surface area contributed by atoms with E-state index in [2.05, 4.69) is 16.9 Å². The molecule has 0 atom stereocenters. The summed E-state index contributed by atoms with van der Waals surface area (Å²) in [6, 6.07) is 17.5. The minimum atomic E-state index is -1.27. The zero-order chi connectivity index (χ0) is 15.6. The van der Waals surface area contributed by atoms with Crippen LogP contribution in [-0.2, 0) is 11.3 Å². The fraction of sp³-hybridized carbons (Fsp3) is 0.118. The van der Waals surface area contributed by atoms with Crippen LogP contribution in [0.15, 0.2) is 66.9 Å². The van der Waals surface area contributed by atoms with Gasteiger partial charge < -0.3 is 0 Å². The summed E-state index contributed by atoms with van der Waals surface area (Å²) in [5.74, 6) is 0.711. The molecule has 0 radical (unpaired) electrons. The third-order valence-electron chi connectivity index (χ3n) is 2.68. The number of hydrogen-bond acceptors (Lipinski definition) is 3. The summed E-state index contributed by atoms with van der Waals surface area (Å²) in [5.41, 5.74) is 0.783. The Bertz CT molecular complexity index is 608. The fourth-order valence-electron chi connectivity index (χ4n) is 1.64. The zero-order valence-corrected chi connectivity index (χ0v) is 13.6. The molecule has 1 N–H and O–H groups in total. The molecule has 0 heterocycles. The number of allylic oxidation sites excluding steroid dienone is 1. The van der Waals surface area contributed by atoms with Crippen LogP contribution in [0.1, 0.15) is 5.56 Å². The molecule has 0 aliphatic carbocycles. The van der Waals surface area contributed by atoms with Crippen LogP contribution in [-0.4, -0.2) is 26.2 Å². The first kappa shape index (κ1) is 16.1. The van der Waals surface area contributed by atoms with Crippen molar-refractivity contribution in [2.24, 2.45) is 0 Å². The van der Waals surface area contributed by atoms with Gasteiger partial charge in [0.2, 0.25) is 0 Å². The summed E-state index contributed by atoms with van der Waals surface area (Å²) in [6.07, 6.45) is 2.42. The molecule has 0 bridgehead atoms. The van der Waals surface area contributed by atoms with Gasteiger partial charge in [-0.2, -0.15) is 0 Å². The van der Waals surface area contributed by atoms with Gasteiger partial charge in [0.25, 0.3) is 0 Å². The van der Waals surface area contributed by atoms with Crippen molar-refractivity contribution in [3.8, 4) is 5.75 Å². The zero-order valence-electron chi connectivity index (χ0n) is 11.8. The Morgan fingerprint density at radius 2 is 1.82 bits per heavy atom. The maximum absolute atomic E-state index is 10.3. The number of rotatable bonds is 7. The predicted octanol–water partition coefficient (Wildman–Crippen LogP) is 3.22. The quantitative estimate of drug-likeness (QED) is 0.466. The molecule has 2 aromatic rings. The van der Waals surface area contributed by atoms with E-state index < -0.39 is 6.16 Å². The Kier molecular flexibility index (Phi) is 6.55. The van der Waals surface area contributed by atoms with E-state index in [4.69, 9.17) is 9.84 Å². The van der Waals surface area contributed by atoms with Crippen molar-refractivity contribution in [2.75, 3.05) is 0 Å². The molecule has 0 saturated carbocycles. The molecule has 2 rings (SSSR count). The average Bonchev–Trinajstić information content (AvgIpc) is 2.54. The molecule has 114 valence electrons. The van der Waals surface area contributed by atoms with E-state index in [0.717, 1.165) is 10.9 Å². The molecule has 0 aromatic heterocycles. The van der Waals surface area contributed by atoms with Crippen LogP contribution in [0, 0.1) is 0 Å². The third kappa shape index (κ3) is 6.04. The molecule has 0 spiro atoms. The number of carboxylic acid groups (broad SMARTS) is 1. The Morgan fingerprint density at radius 3 is 2.50 bits per heavy atom. The van der Waals surface area contributed by atoms with Crippen molar-refractivity contribution in [1.82, 2.24) is 0 Å². The van der Waals surface area contributed by atoms with Crippen molar-refractivity contribution in [1.29, 1.82) is 0 Å². The van der Waals surface area contributed by atoms with Crippen molar-refractivity contribution in [3.63, 3.8) is 0 Å². The van der Waals surface area contributed by atoms with Crippen molar-refractivity contribution >= 4 is 25.6 Å². The second kappa shape index (κ2) is 8.92. The molecule has 22 heavy (non-hydrogen) atoms. The van der Waals surface area contributed by atoms with Gasteiger partial charge in [0.15, 0.2) is 0 Å². The van der Waals surface area contributed by atoms with Gasteiger partial charge in [0.05, 0.1) is 0 Å². The molecule has 0 amide bonds. The van der Waals surface area contributed by atoms with Gasteiger partial charge in [-0.3, -0.25) is 0 Å². The summed E-state index contributed by atoms with van der Waals surface area (Å²) in [4.78, 5) is 10.3.